The van der Waals surface area contributed by atoms with Crippen molar-refractivity contribution in [1.82, 2.24) is 5.32 Å². The van der Waals surface area contributed by atoms with Crippen molar-refractivity contribution in [2.45, 2.75) is 19.3 Å². The minimum atomic E-state index is -0.365. The molecular formula is C24H29N3O4. The summed E-state index contributed by atoms with van der Waals surface area (Å²) in [4.78, 5) is 29.3. The number of hydrogen-bond donors (Lipinski definition) is 1. The Balaban J connectivity index is 1.29. The van der Waals surface area contributed by atoms with Crippen LogP contribution in [0.1, 0.15) is 18.4 Å². The second kappa shape index (κ2) is 9.29. The number of nitrogens with zero attached hydrogens (tertiary/aromatic N) is 2. The Morgan fingerprint density at radius 2 is 1.97 bits per heavy atom. The molecule has 1 atom stereocenters. The summed E-state index contributed by atoms with van der Waals surface area (Å²) in [6.07, 6.45) is 2.15. The fourth-order valence-electron chi connectivity index (χ4n) is 4.39. The van der Waals surface area contributed by atoms with Crippen LogP contribution in [-0.4, -0.2) is 52.2 Å². The zero-order valence-electron chi connectivity index (χ0n) is 18.1. The summed E-state index contributed by atoms with van der Waals surface area (Å²) >= 11 is 0. The number of nitrogens with one attached hydrogen (secondary N) is 1. The highest BCUT2D eigenvalue weighted by Gasteiger charge is 2.36. The molecule has 2 aromatic carbocycles. The van der Waals surface area contributed by atoms with Gasteiger partial charge in [0.25, 0.3) is 0 Å². The largest absolute Gasteiger partial charge is 0.497 e. The van der Waals surface area contributed by atoms with Crippen LogP contribution < -0.4 is 24.6 Å². The van der Waals surface area contributed by atoms with Gasteiger partial charge in [-0.15, -0.1) is 0 Å². The molecule has 2 heterocycles. The number of benzene rings is 2. The zero-order chi connectivity index (χ0) is 21.8. The van der Waals surface area contributed by atoms with Gasteiger partial charge in [-0.25, -0.2) is 0 Å². The predicted octanol–water partition coefficient (Wildman–Crippen LogP) is 2.63. The van der Waals surface area contributed by atoms with Crippen LogP contribution >= 0.6 is 0 Å². The van der Waals surface area contributed by atoms with Gasteiger partial charge in [0.05, 0.1) is 25.8 Å². The molecule has 1 unspecified atom stereocenters. The topological polar surface area (TPSA) is 71.1 Å². The van der Waals surface area contributed by atoms with Crippen molar-refractivity contribution in [2.24, 2.45) is 5.92 Å². The molecule has 7 nitrogen and oxygen atoms in total. The van der Waals surface area contributed by atoms with Crippen LogP contribution in [0.3, 0.4) is 0 Å². The smallest absolute Gasteiger partial charge is 0.227 e. The number of hydrogen-bond acceptors (Lipinski definition) is 5. The normalized spacial score (nSPS) is 17.6. The first kappa shape index (κ1) is 21.0. The maximum atomic E-state index is 12.7. The van der Waals surface area contributed by atoms with Gasteiger partial charge in [-0.05, 0) is 36.6 Å². The van der Waals surface area contributed by atoms with E-state index < -0.39 is 0 Å². The first-order valence-corrected chi connectivity index (χ1v) is 10.7. The van der Waals surface area contributed by atoms with Crippen molar-refractivity contribution in [2.75, 3.05) is 50.2 Å². The Labute approximate surface area is 182 Å². The predicted molar refractivity (Wildman–Crippen MR) is 120 cm³/mol. The lowest BCUT2D eigenvalue weighted by Crippen LogP contribution is -2.35. The highest BCUT2D eigenvalue weighted by Crippen LogP contribution is 2.36. The summed E-state index contributed by atoms with van der Waals surface area (Å²) < 4.78 is 10.7. The molecule has 0 spiro atoms. The SMILES string of the molecule is COc1ccc(OC)c(N2CC(C(=O)NCCCN3CCc4ccccc43)CC2=O)c1. The lowest BCUT2D eigenvalue weighted by atomic mass is 10.1. The average Bonchev–Trinajstić information content (AvgIpc) is 3.39. The third-order valence-electron chi connectivity index (χ3n) is 6.06. The number of methoxy groups -OCH3 is 2. The lowest BCUT2D eigenvalue weighted by molar-refractivity contribution is -0.126. The van der Waals surface area contributed by atoms with E-state index >= 15 is 0 Å². The fourth-order valence-corrected chi connectivity index (χ4v) is 4.39. The van der Waals surface area contributed by atoms with E-state index in [9.17, 15) is 9.59 Å². The number of fused-ring (bicyclic) bond motifs is 1. The summed E-state index contributed by atoms with van der Waals surface area (Å²) in [6, 6.07) is 13.8. The van der Waals surface area contributed by atoms with Crippen molar-refractivity contribution in [3.8, 4) is 11.5 Å². The molecule has 0 saturated carbocycles. The molecule has 1 fully saturated rings. The van der Waals surface area contributed by atoms with E-state index in [0.717, 1.165) is 25.9 Å². The third-order valence-corrected chi connectivity index (χ3v) is 6.06. The van der Waals surface area contributed by atoms with Crippen molar-refractivity contribution in [3.63, 3.8) is 0 Å². The number of carbonyl (C=O) groups excluding carboxylic acids is 2. The molecule has 4 rings (SSSR count). The zero-order valence-corrected chi connectivity index (χ0v) is 18.1. The lowest BCUT2D eigenvalue weighted by Gasteiger charge is -2.21. The minimum Gasteiger partial charge on any atom is -0.497 e. The quantitative estimate of drug-likeness (QED) is 0.661. The number of amides is 2. The van der Waals surface area contributed by atoms with Crippen LogP contribution in [0.2, 0.25) is 0 Å². The van der Waals surface area contributed by atoms with E-state index in [0.29, 0.717) is 30.3 Å². The second-order valence-corrected chi connectivity index (χ2v) is 7.95. The van der Waals surface area contributed by atoms with Gasteiger partial charge >= 0.3 is 0 Å². The van der Waals surface area contributed by atoms with Gasteiger partial charge in [-0.1, -0.05) is 18.2 Å². The molecule has 2 aliphatic heterocycles. The number of rotatable bonds is 8. The highest BCUT2D eigenvalue weighted by molar-refractivity contribution is 6.01. The van der Waals surface area contributed by atoms with Crippen LogP contribution in [0, 0.1) is 5.92 Å². The molecule has 2 aromatic rings. The van der Waals surface area contributed by atoms with E-state index in [-0.39, 0.29) is 24.2 Å². The Morgan fingerprint density at radius 3 is 2.77 bits per heavy atom. The Hall–Kier alpha value is -3.22. The Bertz CT molecular complexity index is 962. The van der Waals surface area contributed by atoms with Crippen molar-refractivity contribution in [1.29, 1.82) is 0 Å². The molecule has 2 aliphatic rings. The number of para-hydroxylation sites is 1. The molecule has 1 saturated heterocycles. The van der Waals surface area contributed by atoms with Crippen molar-refractivity contribution in [3.05, 3.63) is 48.0 Å². The van der Waals surface area contributed by atoms with Crippen LogP contribution in [0.4, 0.5) is 11.4 Å². The molecule has 7 heteroatoms. The van der Waals surface area contributed by atoms with Gasteiger partial charge in [0.1, 0.15) is 11.5 Å². The fraction of sp³-hybridized carbons (Fsp3) is 0.417. The van der Waals surface area contributed by atoms with E-state index in [1.165, 1.54) is 11.3 Å². The van der Waals surface area contributed by atoms with Gasteiger partial charge in [0, 0.05) is 44.4 Å². The second-order valence-electron chi connectivity index (χ2n) is 7.95. The maximum Gasteiger partial charge on any atom is 0.227 e. The number of ether oxygens (including phenoxy) is 2. The van der Waals surface area contributed by atoms with Crippen LogP contribution in [0.5, 0.6) is 11.5 Å². The molecule has 1 N–H and O–H groups in total. The molecule has 0 bridgehead atoms. The molecule has 31 heavy (non-hydrogen) atoms. The Kier molecular flexibility index (Phi) is 6.30. The van der Waals surface area contributed by atoms with Gasteiger partial charge in [-0.2, -0.15) is 0 Å². The monoisotopic (exact) mass is 423 g/mol. The molecule has 2 amide bonds. The molecular weight excluding hydrogens is 394 g/mol. The van der Waals surface area contributed by atoms with Gasteiger partial charge in [-0.3, -0.25) is 9.59 Å². The van der Waals surface area contributed by atoms with E-state index in [1.807, 2.05) is 0 Å². The minimum absolute atomic E-state index is 0.0699. The first-order valence-electron chi connectivity index (χ1n) is 10.7. The maximum absolute atomic E-state index is 12.7. The van der Waals surface area contributed by atoms with E-state index in [1.54, 1.807) is 37.3 Å². The molecule has 0 aliphatic carbocycles. The van der Waals surface area contributed by atoms with Gasteiger partial charge < -0.3 is 24.6 Å². The van der Waals surface area contributed by atoms with Crippen LogP contribution in [-0.2, 0) is 16.0 Å². The summed E-state index contributed by atoms with van der Waals surface area (Å²) in [5.41, 5.74) is 3.33. The highest BCUT2D eigenvalue weighted by atomic mass is 16.5. The van der Waals surface area contributed by atoms with Crippen LogP contribution in [0.25, 0.3) is 0 Å². The van der Waals surface area contributed by atoms with Gasteiger partial charge in [0.15, 0.2) is 0 Å². The summed E-state index contributed by atoms with van der Waals surface area (Å²) in [6.45, 7) is 2.88. The van der Waals surface area contributed by atoms with Crippen molar-refractivity contribution < 1.29 is 19.1 Å². The number of carbonyl (C=O) groups is 2. The van der Waals surface area contributed by atoms with E-state index in [4.69, 9.17) is 9.47 Å². The summed E-state index contributed by atoms with van der Waals surface area (Å²) in [5, 5.41) is 3.02. The molecule has 0 radical (unpaired) electrons. The van der Waals surface area contributed by atoms with Crippen LogP contribution in [0.15, 0.2) is 42.5 Å². The summed E-state index contributed by atoms with van der Waals surface area (Å²) in [5.74, 6) is 0.705. The molecule has 0 aromatic heterocycles. The average molecular weight is 424 g/mol. The Morgan fingerprint density at radius 1 is 1.13 bits per heavy atom. The van der Waals surface area contributed by atoms with Crippen molar-refractivity contribution >= 4 is 23.2 Å². The summed E-state index contributed by atoms with van der Waals surface area (Å²) in [7, 11) is 3.14. The third kappa shape index (κ3) is 4.45. The first-order chi connectivity index (χ1) is 15.1. The number of anilines is 2. The molecule has 164 valence electrons. The van der Waals surface area contributed by atoms with Gasteiger partial charge in [0.2, 0.25) is 11.8 Å². The standard InChI is InChI=1S/C24H29N3O4/c1-30-19-8-9-22(31-2)21(15-19)27-16-18(14-23(27)28)24(29)25-11-5-12-26-13-10-17-6-3-4-7-20(17)26/h3-4,6-9,15,18H,5,10-14,16H2,1-2H3,(H,25,29). The van der Waals surface area contributed by atoms with E-state index in [2.05, 4.69) is 34.5 Å².